The maximum atomic E-state index is 9.00. The van der Waals surface area contributed by atoms with Crippen LogP contribution in [0.1, 0.15) is 32.6 Å². The lowest BCUT2D eigenvalue weighted by Gasteiger charge is -2.06. The van der Waals surface area contributed by atoms with Crippen LogP contribution >= 0.6 is 0 Å². The van der Waals surface area contributed by atoms with Crippen LogP contribution in [-0.2, 0) is 0 Å². The summed E-state index contributed by atoms with van der Waals surface area (Å²) in [6.45, 7) is 5.00. The molecule has 0 aliphatic heterocycles. The highest BCUT2D eigenvalue weighted by molar-refractivity contribution is 4.80. The maximum Gasteiger partial charge on any atom is 0.0512 e. The molecular weight excluding hydrogens is 164 g/mol. The van der Waals surface area contributed by atoms with E-state index in [1.54, 1.807) is 0 Å². The molecule has 0 saturated heterocycles. The van der Waals surface area contributed by atoms with Gasteiger partial charge in [0.1, 0.15) is 0 Å². The highest BCUT2D eigenvalue weighted by atomic mass is 16.3. The SMILES string of the molecule is CC(O)CCCNCCNC1CC1. The largest absolute Gasteiger partial charge is 0.393 e. The number of nitrogens with one attached hydrogen (secondary N) is 2. The van der Waals surface area contributed by atoms with Crippen LogP contribution in [0, 0.1) is 0 Å². The summed E-state index contributed by atoms with van der Waals surface area (Å²) in [6, 6.07) is 0.819. The van der Waals surface area contributed by atoms with Crippen molar-refractivity contribution < 1.29 is 5.11 Å². The lowest BCUT2D eigenvalue weighted by atomic mass is 10.2. The van der Waals surface area contributed by atoms with Gasteiger partial charge in [0.05, 0.1) is 6.10 Å². The van der Waals surface area contributed by atoms with E-state index >= 15 is 0 Å². The van der Waals surface area contributed by atoms with E-state index in [4.69, 9.17) is 5.11 Å². The standard InChI is InChI=1S/C10H22N2O/c1-9(13)3-2-6-11-7-8-12-10-4-5-10/h9-13H,2-8H2,1H3. The molecule has 3 nitrogen and oxygen atoms in total. The Morgan fingerprint density at radius 1 is 1.31 bits per heavy atom. The molecule has 1 rings (SSSR count). The Morgan fingerprint density at radius 3 is 2.69 bits per heavy atom. The van der Waals surface area contributed by atoms with Crippen LogP contribution in [0.5, 0.6) is 0 Å². The first kappa shape index (κ1) is 11.0. The molecule has 0 spiro atoms. The van der Waals surface area contributed by atoms with E-state index in [0.29, 0.717) is 0 Å². The normalized spacial score (nSPS) is 18.9. The van der Waals surface area contributed by atoms with E-state index in [9.17, 15) is 0 Å². The second-order valence-electron chi connectivity index (χ2n) is 3.97. The summed E-state index contributed by atoms with van der Waals surface area (Å²) in [7, 11) is 0. The van der Waals surface area contributed by atoms with Gasteiger partial charge in [-0.25, -0.2) is 0 Å². The molecule has 1 unspecified atom stereocenters. The van der Waals surface area contributed by atoms with Gasteiger partial charge < -0.3 is 15.7 Å². The van der Waals surface area contributed by atoms with Gasteiger partial charge in [-0.1, -0.05) is 0 Å². The molecule has 0 aromatic rings. The van der Waals surface area contributed by atoms with Gasteiger partial charge in [-0.2, -0.15) is 0 Å². The Kier molecular flexibility index (Phi) is 5.35. The summed E-state index contributed by atoms with van der Waals surface area (Å²) in [4.78, 5) is 0. The van der Waals surface area contributed by atoms with Crippen LogP contribution < -0.4 is 10.6 Å². The van der Waals surface area contributed by atoms with Crippen molar-refractivity contribution >= 4 is 0 Å². The predicted octanol–water partition coefficient (Wildman–Crippen LogP) is 0.489. The Hall–Kier alpha value is -0.120. The third-order valence-electron chi connectivity index (χ3n) is 2.29. The molecule has 78 valence electrons. The van der Waals surface area contributed by atoms with Crippen LogP contribution in [-0.4, -0.2) is 36.9 Å². The first-order valence-electron chi connectivity index (χ1n) is 5.41. The highest BCUT2D eigenvalue weighted by Crippen LogP contribution is 2.17. The fraction of sp³-hybridized carbons (Fsp3) is 1.00. The van der Waals surface area contributed by atoms with Gasteiger partial charge in [-0.05, 0) is 39.2 Å². The minimum Gasteiger partial charge on any atom is -0.393 e. The molecular formula is C10H22N2O. The van der Waals surface area contributed by atoms with E-state index in [1.165, 1.54) is 12.8 Å². The van der Waals surface area contributed by atoms with Gasteiger partial charge in [-0.15, -0.1) is 0 Å². The predicted molar refractivity (Wildman–Crippen MR) is 54.8 cm³/mol. The molecule has 0 aromatic heterocycles. The van der Waals surface area contributed by atoms with E-state index < -0.39 is 0 Å². The summed E-state index contributed by atoms with van der Waals surface area (Å²) in [5, 5.41) is 15.8. The fourth-order valence-corrected chi connectivity index (χ4v) is 1.30. The zero-order chi connectivity index (χ0) is 9.52. The quantitative estimate of drug-likeness (QED) is 0.483. The van der Waals surface area contributed by atoms with Crippen LogP contribution in [0.4, 0.5) is 0 Å². The molecule has 13 heavy (non-hydrogen) atoms. The van der Waals surface area contributed by atoms with Crippen molar-refractivity contribution in [3.05, 3.63) is 0 Å². The molecule has 0 bridgehead atoms. The molecule has 1 atom stereocenters. The zero-order valence-corrected chi connectivity index (χ0v) is 8.55. The van der Waals surface area contributed by atoms with Crippen molar-refractivity contribution in [2.24, 2.45) is 0 Å². The minimum atomic E-state index is -0.147. The zero-order valence-electron chi connectivity index (χ0n) is 8.55. The van der Waals surface area contributed by atoms with E-state index in [2.05, 4.69) is 10.6 Å². The lowest BCUT2D eigenvalue weighted by molar-refractivity contribution is 0.181. The van der Waals surface area contributed by atoms with Crippen LogP contribution in [0.15, 0.2) is 0 Å². The Bertz CT molecular complexity index is 118. The van der Waals surface area contributed by atoms with Crippen LogP contribution in [0.25, 0.3) is 0 Å². The summed E-state index contributed by atoms with van der Waals surface area (Å²) in [6.07, 6.45) is 4.56. The van der Waals surface area contributed by atoms with E-state index in [1.807, 2.05) is 6.92 Å². The van der Waals surface area contributed by atoms with Crippen LogP contribution in [0.3, 0.4) is 0 Å². The fourth-order valence-electron chi connectivity index (χ4n) is 1.30. The number of aliphatic hydroxyl groups excluding tert-OH is 1. The van der Waals surface area contributed by atoms with E-state index in [-0.39, 0.29) is 6.10 Å². The van der Waals surface area contributed by atoms with Gasteiger partial charge in [0.15, 0.2) is 0 Å². The third kappa shape index (κ3) is 6.99. The van der Waals surface area contributed by atoms with Crippen LogP contribution in [0.2, 0.25) is 0 Å². The average molecular weight is 186 g/mol. The molecule has 1 saturated carbocycles. The molecule has 3 heteroatoms. The summed E-state index contributed by atoms with van der Waals surface area (Å²) in [5.41, 5.74) is 0. The topological polar surface area (TPSA) is 44.3 Å². The Labute approximate surface area is 80.9 Å². The summed E-state index contributed by atoms with van der Waals surface area (Å²) in [5.74, 6) is 0. The second-order valence-corrected chi connectivity index (χ2v) is 3.97. The Balaban J connectivity index is 1.68. The smallest absolute Gasteiger partial charge is 0.0512 e. The molecule has 3 N–H and O–H groups in total. The highest BCUT2D eigenvalue weighted by Gasteiger charge is 2.19. The van der Waals surface area contributed by atoms with Crippen molar-refractivity contribution in [3.8, 4) is 0 Å². The van der Waals surface area contributed by atoms with Gasteiger partial charge >= 0.3 is 0 Å². The summed E-state index contributed by atoms with van der Waals surface area (Å²) < 4.78 is 0. The van der Waals surface area contributed by atoms with Crippen molar-refractivity contribution in [3.63, 3.8) is 0 Å². The molecule has 1 aliphatic rings. The number of hydrogen-bond acceptors (Lipinski definition) is 3. The molecule has 0 radical (unpaired) electrons. The van der Waals surface area contributed by atoms with E-state index in [0.717, 1.165) is 38.5 Å². The lowest BCUT2D eigenvalue weighted by Crippen LogP contribution is -2.29. The number of rotatable bonds is 8. The van der Waals surface area contributed by atoms with Gasteiger partial charge in [-0.3, -0.25) is 0 Å². The van der Waals surface area contributed by atoms with Crippen molar-refractivity contribution in [1.29, 1.82) is 0 Å². The third-order valence-corrected chi connectivity index (χ3v) is 2.29. The average Bonchev–Trinajstić information content (AvgIpc) is 2.86. The minimum absolute atomic E-state index is 0.147. The van der Waals surface area contributed by atoms with Crippen molar-refractivity contribution in [2.75, 3.05) is 19.6 Å². The molecule has 0 heterocycles. The maximum absolute atomic E-state index is 9.00. The van der Waals surface area contributed by atoms with Gasteiger partial charge in [0, 0.05) is 19.1 Å². The first-order valence-corrected chi connectivity index (χ1v) is 5.41. The second kappa shape index (κ2) is 6.35. The molecule has 1 aliphatic carbocycles. The summed E-state index contributed by atoms with van der Waals surface area (Å²) >= 11 is 0. The van der Waals surface area contributed by atoms with Gasteiger partial charge in [0.2, 0.25) is 0 Å². The number of aliphatic hydroxyl groups is 1. The number of hydrogen-bond donors (Lipinski definition) is 3. The van der Waals surface area contributed by atoms with Crippen molar-refractivity contribution in [2.45, 2.75) is 44.8 Å². The molecule has 1 fully saturated rings. The van der Waals surface area contributed by atoms with Crippen molar-refractivity contribution in [1.82, 2.24) is 10.6 Å². The molecule has 0 aromatic carbocycles. The Morgan fingerprint density at radius 2 is 2.08 bits per heavy atom. The molecule has 0 amide bonds. The first-order chi connectivity index (χ1) is 6.29. The monoisotopic (exact) mass is 186 g/mol. The van der Waals surface area contributed by atoms with Gasteiger partial charge in [0.25, 0.3) is 0 Å².